The third kappa shape index (κ3) is 6.10. The van der Waals surface area contributed by atoms with Crippen molar-refractivity contribution in [3.05, 3.63) is 29.8 Å². The zero-order chi connectivity index (χ0) is 24.2. The second kappa shape index (κ2) is 10.3. The number of para-hydroxylation sites is 1. The van der Waals surface area contributed by atoms with E-state index in [9.17, 15) is 19.5 Å². The van der Waals surface area contributed by atoms with Crippen LogP contribution >= 0.6 is 0 Å². The highest BCUT2D eigenvalue weighted by atomic mass is 16.3. The number of nitrogens with two attached hydrogens (primary N) is 1. The number of likely N-dealkylation sites (tertiary alicyclic amines) is 1. The molecule has 0 radical (unpaired) electrons. The molecule has 33 heavy (non-hydrogen) atoms. The largest absolute Gasteiger partial charge is 0.396 e. The molecule has 1 heterocycles. The molecular formula is C24H35N5O4. The number of rotatable bonds is 8. The average Bonchev–Trinajstić information content (AvgIpc) is 3.21. The molecule has 2 aliphatic rings. The Morgan fingerprint density at radius 1 is 1.27 bits per heavy atom. The highest BCUT2D eigenvalue weighted by Gasteiger charge is 2.40. The van der Waals surface area contributed by atoms with Gasteiger partial charge in [-0.1, -0.05) is 38.5 Å². The van der Waals surface area contributed by atoms with E-state index >= 15 is 0 Å². The molecule has 1 saturated carbocycles. The van der Waals surface area contributed by atoms with Crippen LogP contribution in [0.15, 0.2) is 24.3 Å². The van der Waals surface area contributed by atoms with Gasteiger partial charge in [0.15, 0.2) is 0 Å². The minimum Gasteiger partial charge on any atom is -0.396 e. The monoisotopic (exact) mass is 457 g/mol. The number of aliphatic hydroxyl groups excluding tert-OH is 1. The summed E-state index contributed by atoms with van der Waals surface area (Å²) in [6.45, 7) is 4.53. The Kier molecular flexibility index (Phi) is 7.73. The Morgan fingerprint density at radius 2 is 2.00 bits per heavy atom. The molecule has 6 N–H and O–H groups in total. The Bertz CT molecular complexity index is 916. The Labute approximate surface area is 194 Å². The number of benzene rings is 1. The van der Waals surface area contributed by atoms with Crippen LogP contribution in [0.1, 0.15) is 51.5 Å². The van der Waals surface area contributed by atoms with Gasteiger partial charge in [0.25, 0.3) is 5.91 Å². The molecule has 0 aromatic heterocycles. The number of nitrogens with one attached hydrogen (secondary N) is 3. The van der Waals surface area contributed by atoms with Crippen LogP contribution in [-0.4, -0.2) is 65.2 Å². The maximum Gasteiger partial charge on any atom is 0.267 e. The summed E-state index contributed by atoms with van der Waals surface area (Å²) < 4.78 is 0. The van der Waals surface area contributed by atoms with Gasteiger partial charge in [-0.3, -0.25) is 19.8 Å². The van der Waals surface area contributed by atoms with E-state index in [1.165, 1.54) is 4.90 Å². The van der Waals surface area contributed by atoms with E-state index in [0.29, 0.717) is 24.2 Å². The van der Waals surface area contributed by atoms with E-state index in [4.69, 9.17) is 11.1 Å². The number of hydrogen-bond acceptors (Lipinski definition) is 6. The van der Waals surface area contributed by atoms with Gasteiger partial charge in [-0.15, -0.1) is 0 Å². The summed E-state index contributed by atoms with van der Waals surface area (Å²) in [6, 6.07) is 6.12. The fourth-order valence-corrected chi connectivity index (χ4v) is 4.96. The topological polar surface area (TPSA) is 149 Å². The molecule has 3 rings (SSSR count). The van der Waals surface area contributed by atoms with Crippen LogP contribution in [-0.2, 0) is 14.4 Å². The fourth-order valence-electron chi connectivity index (χ4n) is 4.96. The first-order valence-electron chi connectivity index (χ1n) is 11.5. The molecular weight excluding hydrogens is 422 g/mol. The van der Waals surface area contributed by atoms with Crippen molar-refractivity contribution in [3.8, 4) is 0 Å². The molecule has 3 atom stereocenters. The van der Waals surface area contributed by atoms with Crippen molar-refractivity contribution in [2.45, 2.75) is 58.0 Å². The van der Waals surface area contributed by atoms with Gasteiger partial charge in [-0.05, 0) is 37.2 Å². The number of anilines is 1. The van der Waals surface area contributed by atoms with Gasteiger partial charge in [0.2, 0.25) is 11.8 Å². The van der Waals surface area contributed by atoms with Crippen LogP contribution < -0.4 is 16.4 Å². The van der Waals surface area contributed by atoms with E-state index in [0.717, 1.165) is 25.7 Å². The predicted molar refractivity (Wildman–Crippen MR) is 126 cm³/mol. The van der Waals surface area contributed by atoms with Gasteiger partial charge < -0.3 is 26.4 Å². The normalized spacial score (nSPS) is 24.2. The second-order valence-electron chi connectivity index (χ2n) is 9.95. The third-order valence-electron chi connectivity index (χ3n) is 6.69. The van der Waals surface area contributed by atoms with Crippen LogP contribution in [0.3, 0.4) is 0 Å². The molecule has 0 bridgehead atoms. The van der Waals surface area contributed by atoms with Crippen LogP contribution in [0.4, 0.5) is 5.69 Å². The van der Waals surface area contributed by atoms with Crippen molar-refractivity contribution in [3.63, 3.8) is 0 Å². The third-order valence-corrected chi connectivity index (χ3v) is 6.69. The molecule has 1 unspecified atom stereocenters. The number of primary amides is 1. The van der Waals surface area contributed by atoms with Crippen LogP contribution in [0.2, 0.25) is 0 Å². The fraction of sp³-hybridized carbons (Fsp3) is 0.583. The SMILES string of the molecule is CC1(C)CCCC(NC(=O)[C@@H]2C[C@H](CO)CN2C(=O)CNc2ccccc2C(=N)C(N)=O)C1. The first-order chi connectivity index (χ1) is 15.6. The molecule has 0 spiro atoms. The summed E-state index contributed by atoms with van der Waals surface area (Å²) in [4.78, 5) is 39.1. The molecule has 9 nitrogen and oxygen atoms in total. The Hall–Kier alpha value is -2.94. The van der Waals surface area contributed by atoms with Crippen molar-refractivity contribution < 1.29 is 19.5 Å². The number of carbonyl (C=O) groups is 3. The van der Waals surface area contributed by atoms with Crippen molar-refractivity contribution in [1.29, 1.82) is 5.41 Å². The van der Waals surface area contributed by atoms with Gasteiger partial charge >= 0.3 is 0 Å². The smallest absolute Gasteiger partial charge is 0.267 e. The second-order valence-corrected chi connectivity index (χ2v) is 9.95. The van der Waals surface area contributed by atoms with Gasteiger partial charge in [0, 0.05) is 36.4 Å². The summed E-state index contributed by atoms with van der Waals surface area (Å²) in [6.07, 6.45) is 4.47. The summed E-state index contributed by atoms with van der Waals surface area (Å²) >= 11 is 0. The van der Waals surface area contributed by atoms with E-state index < -0.39 is 11.9 Å². The predicted octanol–water partition coefficient (Wildman–Crippen LogP) is 1.25. The number of aliphatic hydroxyl groups is 1. The number of nitrogens with zero attached hydrogens (tertiary/aromatic N) is 1. The molecule has 180 valence electrons. The van der Waals surface area contributed by atoms with Crippen molar-refractivity contribution in [1.82, 2.24) is 10.2 Å². The summed E-state index contributed by atoms with van der Waals surface area (Å²) in [7, 11) is 0. The lowest BCUT2D eigenvalue weighted by atomic mass is 9.75. The lowest BCUT2D eigenvalue weighted by molar-refractivity contribution is -0.137. The summed E-state index contributed by atoms with van der Waals surface area (Å²) in [5.41, 5.74) is 5.82. The first-order valence-corrected chi connectivity index (χ1v) is 11.5. The van der Waals surface area contributed by atoms with Crippen molar-refractivity contribution >= 4 is 29.1 Å². The molecule has 1 saturated heterocycles. The zero-order valence-electron chi connectivity index (χ0n) is 19.4. The number of carbonyl (C=O) groups excluding carboxylic acids is 3. The minimum absolute atomic E-state index is 0.0872. The van der Waals surface area contributed by atoms with Gasteiger partial charge in [0.1, 0.15) is 11.8 Å². The zero-order valence-corrected chi connectivity index (χ0v) is 19.4. The van der Waals surface area contributed by atoms with Gasteiger partial charge in [0.05, 0.1) is 6.54 Å². The molecule has 1 aromatic carbocycles. The van der Waals surface area contributed by atoms with E-state index in [1.54, 1.807) is 24.3 Å². The van der Waals surface area contributed by atoms with Gasteiger partial charge in [-0.2, -0.15) is 0 Å². The maximum absolute atomic E-state index is 13.1. The van der Waals surface area contributed by atoms with Crippen LogP contribution in [0.25, 0.3) is 0 Å². The van der Waals surface area contributed by atoms with Crippen molar-refractivity contribution in [2.24, 2.45) is 17.1 Å². The summed E-state index contributed by atoms with van der Waals surface area (Å²) in [5, 5.41) is 23.7. The lowest BCUT2D eigenvalue weighted by Gasteiger charge is -2.36. The molecule has 2 fully saturated rings. The number of amides is 3. The highest BCUT2D eigenvalue weighted by Crippen LogP contribution is 2.35. The van der Waals surface area contributed by atoms with Crippen molar-refractivity contribution in [2.75, 3.05) is 25.0 Å². The Morgan fingerprint density at radius 3 is 2.67 bits per heavy atom. The van der Waals surface area contributed by atoms with Crippen LogP contribution in [0, 0.1) is 16.7 Å². The lowest BCUT2D eigenvalue weighted by Crippen LogP contribution is -2.51. The van der Waals surface area contributed by atoms with E-state index in [1.807, 2.05) is 0 Å². The molecule has 9 heteroatoms. The molecule has 3 amide bonds. The number of hydrogen-bond donors (Lipinski definition) is 5. The van der Waals surface area contributed by atoms with E-state index in [2.05, 4.69) is 24.5 Å². The van der Waals surface area contributed by atoms with Crippen LogP contribution in [0.5, 0.6) is 0 Å². The highest BCUT2D eigenvalue weighted by molar-refractivity contribution is 6.44. The molecule has 1 aromatic rings. The van der Waals surface area contributed by atoms with Gasteiger partial charge in [-0.25, -0.2) is 0 Å². The quantitative estimate of drug-likeness (QED) is 0.373. The molecule has 1 aliphatic carbocycles. The standard InChI is InChI=1S/C24H35N5O4/c1-24(2)9-5-6-16(11-24)28-23(33)19-10-15(14-30)13-29(19)20(31)12-27-18-8-4-3-7-17(18)21(25)22(26)32/h3-4,7-8,15-16,19,25,27,30H,5-6,9-14H2,1-2H3,(H2,26,32)(H,28,33)/t15-,16?,19-/m0/s1. The minimum atomic E-state index is -0.858. The maximum atomic E-state index is 13.1. The average molecular weight is 458 g/mol. The summed E-state index contributed by atoms with van der Waals surface area (Å²) in [5.74, 6) is -1.46. The van der Waals surface area contributed by atoms with E-state index in [-0.39, 0.29) is 48.1 Å². The first kappa shape index (κ1) is 24.7. The molecule has 1 aliphatic heterocycles. The Balaban J connectivity index is 1.66.